The Balaban J connectivity index is 2.49. The number of aromatic nitrogens is 2. The zero-order chi connectivity index (χ0) is 14.7. The van der Waals surface area contributed by atoms with Crippen LogP contribution < -0.4 is 19.9 Å². The van der Waals surface area contributed by atoms with Gasteiger partial charge in [-0.05, 0) is 12.1 Å². The summed E-state index contributed by atoms with van der Waals surface area (Å²) in [6, 6.07) is 4.65. The SMILES string of the molecule is COc1cc(C(=O)n2ccc(N)n2)cc(OC)c1OC. The maximum atomic E-state index is 12.3. The summed E-state index contributed by atoms with van der Waals surface area (Å²) in [5.41, 5.74) is 5.85. The van der Waals surface area contributed by atoms with Gasteiger partial charge in [0.2, 0.25) is 5.75 Å². The summed E-state index contributed by atoms with van der Waals surface area (Å²) < 4.78 is 16.7. The van der Waals surface area contributed by atoms with Gasteiger partial charge in [-0.3, -0.25) is 4.79 Å². The lowest BCUT2D eigenvalue weighted by atomic mass is 10.1. The van der Waals surface area contributed by atoms with Crippen molar-refractivity contribution in [2.24, 2.45) is 0 Å². The molecule has 0 bridgehead atoms. The predicted octanol–water partition coefficient (Wildman–Crippen LogP) is 1.18. The summed E-state index contributed by atoms with van der Waals surface area (Å²) >= 11 is 0. The molecule has 1 aromatic heterocycles. The topological polar surface area (TPSA) is 88.6 Å². The molecule has 0 atom stereocenters. The number of rotatable bonds is 4. The van der Waals surface area contributed by atoms with E-state index in [0.717, 1.165) is 4.68 Å². The molecular formula is C13H15N3O4. The average molecular weight is 277 g/mol. The van der Waals surface area contributed by atoms with Gasteiger partial charge in [-0.15, -0.1) is 5.10 Å². The third-order valence-electron chi connectivity index (χ3n) is 2.73. The van der Waals surface area contributed by atoms with E-state index in [9.17, 15) is 4.79 Å². The van der Waals surface area contributed by atoms with E-state index < -0.39 is 0 Å². The smallest absolute Gasteiger partial charge is 0.278 e. The number of hydrogen-bond donors (Lipinski definition) is 1. The molecule has 0 aliphatic carbocycles. The van der Waals surface area contributed by atoms with Crippen molar-refractivity contribution in [2.45, 2.75) is 0 Å². The monoisotopic (exact) mass is 277 g/mol. The van der Waals surface area contributed by atoms with Crippen molar-refractivity contribution in [3.05, 3.63) is 30.0 Å². The van der Waals surface area contributed by atoms with Crippen LogP contribution in [0.4, 0.5) is 5.82 Å². The number of anilines is 1. The Bertz CT molecular complexity index is 611. The first-order valence-electron chi connectivity index (χ1n) is 5.76. The minimum Gasteiger partial charge on any atom is -0.493 e. The van der Waals surface area contributed by atoms with Gasteiger partial charge in [0.25, 0.3) is 5.91 Å². The minimum absolute atomic E-state index is 0.269. The van der Waals surface area contributed by atoms with Crippen LogP contribution >= 0.6 is 0 Å². The summed E-state index contributed by atoms with van der Waals surface area (Å²) in [6.07, 6.45) is 1.49. The first kappa shape index (κ1) is 13.7. The number of hydrogen-bond acceptors (Lipinski definition) is 6. The van der Waals surface area contributed by atoms with E-state index in [-0.39, 0.29) is 11.7 Å². The van der Waals surface area contributed by atoms with Gasteiger partial charge in [-0.2, -0.15) is 0 Å². The number of nitrogens with two attached hydrogens (primary N) is 1. The van der Waals surface area contributed by atoms with E-state index >= 15 is 0 Å². The average Bonchev–Trinajstić information content (AvgIpc) is 2.91. The summed E-state index contributed by atoms with van der Waals surface area (Å²) in [6.45, 7) is 0. The van der Waals surface area contributed by atoms with Crippen molar-refractivity contribution >= 4 is 11.7 Å². The highest BCUT2D eigenvalue weighted by Crippen LogP contribution is 2.38. The minimum atomic E-state index is -0.346. The van der Waals surface area contributed by atoms with Crippen LogP contribution in [0.5, 0.6) is 17.2 Å². The van der Waals surface area contributed by atoms with E-state index in [1.54, 1.807) is 12.1 Å². The quantitative estimate of drug-likeness (QED) is 0.902. The highest BCUT2D eigenvalue weighted by atomic mass is 16.5. The van der Waals surface area contributed by atoms with E-state index in [1.807, 2.05) is 0 Å². The number of carbonyl (C=O) groups is 1. The summed E-state index contributed by atoms with van der Waals surface area (Å²) in [4.78, 5) is 12.3. The number of nitrogen functional groups attached to an aromatic ring is 1. The van der Waals surface area contributed by atoms with E-state index in [1.165, 1.54) is 33.6 Å². The molecular weight excluding hydrogens is 262 g/mol. The predicted molar refractivity (Wildman–Crippen MR) is 72.5 cm³/mol. The number of methoxy groups -OCH3 is 3. The molecule has 0 radical (unpaired) electrons. The standard InChI is InChI=1S/C13H15N3O4/c1-18-9-6-8(7-10(19-2)12(9)20-3)13(17)16-5-4-11(14)15-16/h4-7H,1-3H3,(H2,14,15). The van der Waals surface area contributed by atoms with Crippen LogP contribution in [0.2, 0.25) is 0 Å². The molecule has 7 heteroatoms. The van der Waals surface area contributed by atoms with E-state index in [2.05, 4.69) is 5.10 Å². The van der Waals surface area contributed by atoms with Gasteiger partial charge < -0.3 is 19.9 Å². The van der Waals surface area contributed by atoms with Crippen LogP contribution in [0.3, 0.4) is 0 Å². The largest absolute Gasteiger partial charge is 0.493 e. The molecule has 0 saturated carbocycles. The number of benzene rings is 1. The Kier molecular flexibility index (Phi) is 3.79. The first-order valence-corrected chi connectivity index (χ1v) is 5.76. The number of carbonyl (C=O) groups excluding carboxylic acids is 1. The first-order chi connectivity index (χ1) is 9.60. The molecule has 1 heterocycles. The third-order valence-corrected chi connectivity index (χ3v) is 2.73. The molecule has 0 amide bonds. The van der Waals surface area contributed by atoms with Gasteiger partial charge in [-0.1, -0.05) is 0 Å². The Morgan fingerprint density at radius 3 is 2.15 bits per heavy atom. The van der Waals surface area contributed by atoms with Crippen LogP contribution in [0.1, 0.15) is 10.4 Å². The summed E-state index contributed by atoms with van der Waals surface area (Å²) in [5, 5.41) is 3.87. The van der Waals surface area contributed by atoms with Gasteiger partial charge in [-0.25, -0.2) is 4.68 Å². The molecule has 2 N–H and O–H groups in total. The molecule has 0 aliphatic heterocycles. The molecule has 2 aromatic rings. The van der Waals surface area contributed by atoms with Crippen molar-refractivity contribution in [1.82, 2.24) is 9.78 Å². The van der Waals surface area contributed by atoms with Crippen LogP contribution in [-0.4, -0.2) is 37.0 Å². The van der Waals surface area contributed by atoms with Crippen LogP contribution in [-0.2, 0) is 0 Å². The van der Waals surface area contributed by atoms with Gasteiger partial charge in [0.15, 0.2) is 11.5 Å². The normalized spacial score (nSPS) is 10.2. The fraction of sp³-hybridized carbons (Fsp3) is 0.231. The number of nitrogens with zero attached hydrogens (tertiary/aromatic N) is 2. The number of ether oxygens (including phenoxy) is 3. The molecule has 106 valence electrons. The lowest BCUT2D eigenvalue weighted by Crippen LogP contribution is -2.13. The Morgan fingerprint density at radius 2 is 1.75 bits per heavy atom. The van der Waals surface area contributed by atoms with Gasteiger partial charge in [0.1, 0.15) is 5.82 Å². The molecule has 0 spiro atoms. The Morgan fingerprint density at radius 1 is 1.15 bits per heavy atom. The maximum Gasteiger partial charge on any atom is 0.278 e. The molecule has 0 saturated heterocycles. The molecule has 1 aromatic carbocycles. The van der Waals surface area contributed by atoms with Crippen molar-refractivity contribution in [1.29, 1.82) is 0 Å². The molecule has 0 fully saturated rings. The Labute approximate surface area is 115 Å². The van der Waals surface area contributed by atoms with Gasteiger partial charge in [0, 0.05) is 17.8 Å². The van der Waals surface area contributed by atoms with E-state index in [0.29, 0.717) is 22.8 Å². The molecule has 20 heavy (non-hydrogen) atoms. The Hall–Kier alpha value is -2.70. The summed E-state index contributed by atoms with van der Waals surface area (Å²) in [7, 11) is 4.46. The van der Waals surface area contributed by atoms with Gasteiger partial charge >= 0.3 is 0 Å². The van der Waals surface area contributed by atoms with Gasteiger partial charge in [0.05, 0.1) is 21.3 Å². The van der Waals surface area contributed by atoms with Crippen molar-refractivity contribution in [3.8, 4) is 17.2 Å². The molecule has 7 nitrogen and oxygen atoms in total. The third kappa shape index (κ3) is 2.37. The zero-order valence-corrected chi connectivity index (χ0v) is 11.4. The summed E-state index contributed by atoms with van der Waals surface area (Å²) in [5.74, 6) is 1.14. The molecule has 0 aliphatic rings. The van der Waals surface area contributed by atoms with Crippen molar-refractivity contribution < 1.29 is 19.0 Å². The zero-order valence-electron chi connectivity index (χ0n) is 11.4. The fourth-order valence-electron chi connectivity index (χ4n) is 1.79. The second kappa shape index (κ2) is 5.52. The highest BCUT2D eigenvalue weighted by Gasteiger charge is 2.18. The van der Waals surface area contributed by atoms with Crippen LogP contribution in [0, 0.1) is 0 Å². The van der Waals surface area contributed by atoms with E-state index in [4.69, 9.17) is 19.9 Å². The van der Waals surface area contributed by atoms with Crippen molar-refractivity contribution in [3.63, 3.8) is 0 Å². The lowest BCUT2D eigenvalue weighted by Gasteiger charge is -2.13. The fourth-order valence-corrected chi connectivity index (χ4v) is 1.79. The second-order valence-corrected chi connectivity index (χ2v) is 3.90. The van der Waals surface area contributed by atoms with Crippen LogP contribution in [0.25, 0.3) is 0 Å². The lowest BCUT2D eigenvalue weighted by molar-refractivity contribution is 0.0944. The maximum absolute atomic E-state index is 12.3. The molecule has 0 unspecified atom stereocenters. The van der Waals surface area contributed by atoms with Crippen LogP contribution in [0.15, 0.2) is 24.4 Å². The molecule has 2 rings (SSSR count). The van der Waals surface area contributed by atoms with Crippen molar-refractivity contribution in [2.75, 3.05) is 27.1 Å². The second-order valence-electron chi connectivity index (χ2n) is 3.90. The highest BCUT2D eigenvalue weighted by molar-refractivity contribution is 5.96.